The number of hydrogen-bond donors (Lipinski definition) is 1. The third-order valence-corrected chi connectivity index (χ3v) is 3.54. The van der Waals surface area contributed by atoms with Crippen LogP contribution in [0.15, 0.2) is 48.5 Å². The molecule has 3 rings (SSSR count). The Balaban J connectivity index is 2.01. The summed E-state index contributed by atoms with van der Waals surface area (Å²) in [7, 11) is 1.68. The molecular weight excluding hydrogens is 293 g/mol. The van der Waals surface area contributed by atoms with Crippen molar-refractivity contribution < 1.29 is 9.13 Å². The maximum Gasteiger partial charge on any atom is 0.165 e. The van der Waals surface area contributed by atoms with E-state index in [1.165, 1.54) is 6.07 Å². The van der Waals surface area contributed by atoms with Crippen molar-refractivity contribution in [2.24, 2.45) is 0 Å². The molecule has 0 fully saturated rings. The second-order valence-electron chi connectivity index (χ2n) is 5.17. The fourth-order valence-electron chi connectivity index (χ4n) is 2.40. The first-order chi connectivity index (χ1) is 11.3. The molecule has 23 heavy (non-hydrogen) atoms. The van der Waals surface area contributed by atoms with Crippen LogP contribution >= 0.6 is 0 Å². The van der Waals surface area contributed by atoms with E-state index in [4.69, 9.17) is 4.74 Å². The van der Waals surface area contributed by atoms with Crippen molar-refractivity contribution in [2.45, 2.75) is 6.42 Å². The van der Waals surface area contributed by atoms with Gasteiger partial charge in [-0.1, -0.05) is 24.3 Å². The molecule has 5 heteroatoms. The molecule has 0 aliphatic carbocycles. The van der Waals surface area contributed by atoms with Gasteiger partial charge < -0.3 is 10.1 Å². The number of rotatable bonds is 6. The van der Waals surface area contributed by atoms with Crippen molar-refractivity contribution in [1.29, 1.82) is 0 Å². The molecule has 0 unspecified atom stereocenters. The molecule has 3 aromatic rings. The van der Waals surface area contributed by atoms with Crippen LogP contribution in [0.3, 0.4) is 0 Å². The molecule has 0 saturated carbocycles. The van der Waals surface area contributed by atoms with Gasteiger partial charge in [0.25, 0.3) is 0 Å². The number of methoxy groups -OCH3 is 1. The number of ether oxygens (including phenoxy) is 1. The van der Waals surface area contributed by atoms with Gasteiger partial charge in [0, 0.05) is 25.6 Å². The Morgan fingerprint density at radius 1 is 1.04 bits per heavy atom. The van der Waals surface area contributed by atoms with Crippen molar-refractivity contribution in [3.8, 4) is 11.4 Å². The van der Waals surface area contributed by atoms with Gasteiger partial charge in [0.15, 0.2) is 5.82 Å². The number of aromatic nitrogens is 2. The predicted octanol–water partition coefficient (Wildman–Crippen LogP) is 3.88. The topological polar surface area (TPSA) is 47.0 Å². The Kier molecular flexibility index (Phi) is 4.78. The van der Waals surface area contributed by atoms with Crippen LogP contribution < -0.4 is 5.32 Å². The van der Waals surface area contributed by atoms with E-state index in [1.807, 2.05) is 24.3 Å². The molecular formula is C18H18FN3O. The minimum Gasteiger partial charge on any atom is -0.385 e. The standard InChI is InChI=1S/C18H18FN3O/c1-23-12-6-11-20-17-14-8-3-5-10-16(14)21-18(22-17)13-7-2-4-9-15(13)19/h2-5,7-10H,6,11-12H2,1H3,(H,20,21,22). The van der Waals surface area contributed by atoms with Crippen LogP contribution in [0.2, 0.25) is 0 Å². The molecule has 0 saturated heterocycles. The lowest BCUT2D eigenvalue weighted by Crippen LogP contribution is -2.08. The largest absolute Gasteiger partial charge is 0.385 e. The zero-order valence-electron chi connectivity index (χ0n) is 12.9. The number of hydrogen-bond acceptors (Lipinski definition) is 4. The summed E-state index contributed by atoms with van der Waals surface area (Å²) in [6.07, 6.45) is 0.865. The smallest absolute Gasteiger partial charge is 0.165 e. The monoisotopic (exact) mass is 311 g/mol. The highest BCUT2D eigenvalue weighted by Gasteiger charge is 2.11. The molecule has 0 bridgehead atoms. The summed E-state index contributed by atoms with van der Waals surface area (Å²) >= 11 is 0. The van der Waals surface area contributed by atoms with Gasteiger partial charge >= 0.3 is 0 Å². The molecule has 1 N–H and O–H groups in total. The van der Waals surface area contributed by atoms with Crippen LogP contribution in [0.4, 0.5) is 10.2 Å². The van der Waals surface area contributed by atoms with Crippen LogP contribution in [0.25, 0.3) is 22.3 Å². The Bertz CT molecular complexity index is 807. The Labute approximate surface area is 134 Å². The first kappa shape index (κ1) is 15.4. The van der Waals surface area contributed by atoms with Crippen LogP contribution in [-0.4, -0.2) is 30.2 Å². The SMILES string of the molecule is COCCCNc1nc(-c2ccccc2F)nc2ccccc12. The van der Waals surface area contributed by atoms with E-state index >= 15 is 0 Å². The van der Waals surface area contributed by atoms with E-state index in [2.05, 4.69) is 15.3 Å². The number of anilines is 1. The minimum atomic E-state index is -0.326. The molecule has 118 valence electrons. The first-order valence-corrected chi connectivity index (χ1v) is 7.54. The lowest BCUT2D eigenvalue weighted by atomic mass is 10.1. The number of nitrogens with zero attached hydrogens (tertiary/aromatic N) is 2. The summed E-state index contributed by atoms with van der Waals surface area (Å²) in [5, 5.41) is 4.22. The third-order valence-electron chi connectivity index (χ3n) is 3.54. The Morgan fingerprint density at radius 2 is 1.83 bits per heavy atom. The van der Waals surface area contributed by atoms with Crippen LogP contribution in [0.5, 0.6) is 0 Å². The van der Waals surface area contributed by atoms with E-state index in [-0.39, 0.29) is 5.82 Å². The van der Waals surface area contributed by atoms with Gasteiger partial charge in [-0.25, -0.2) is 14.4 Å². The molecule has 0 aliphatic rings. The van der Waals surface area contributed by atoms with Gasteiger partial charge in [-0.05, 0) is 30.7 Å². The predicted molar refractivity (Wildman–Crippen MR) is 89.9 cm³/mol. The summed E-state index contributed by atoms with van der Waals surface area (Å²) in [5.41, 5.74) is 1.19. The average Bonchev–Trinajstić information content (AvgIpc) is 2.59. The third kappa shape index (κ3) is 3.46. The van der Waals surface area contributed by atoms with Crippen LogP contribution in [0, 0.1) is 5.82 Å². The van der Waals surface area contributed by atoms with Gasteiger partial charge in [-0.2, -0.15) is 0 Å². The minimum absolute atomic E-state index is 0.326. The Hall–Kier alpha value is -2.53. The second-order valence-corrected chi connectivity index (χ2v) is 5.17. The van der Waals surface area contributed by atoms with E-state index in [0.717, 1.165) is 23.9 Å². The maximum absolute atomic E-state index is 14.0. The highest BCUT2D eigenvalue weighted by Crippen LogP contribution is 2.26. The highest BCUT2D eigenvalue weighted by molar-refractivity contribution is 5.90. The number of nitrogens with one attached hydrogen (secondary N) is 1. The molecule has 1 heterocycles. The van der Waals surface area contributed by atoms with Crippen LogP contribution in [-0.2, 0) is 4.74 Å². The summed E-state index contributed by atoms with van der Waals surface area (Å²) in [5.74, 6) is 0.772. The van der Waals surface area contributed by atoms with Crippen molar-refractivity contribution in [2.75, 3.05) is 25.6 Å². The van der Waals surface area contributed by atoms with Crippen molar-refractivity contribution in [1.82, 2.24) is 9.97 Å². The van der Waals surface area contributed by atoms with Crippen molar-refractivity contribution in [3.63, 3.8) is 0 Å². The molecule has 0 radical (unpaired) electrons. The molecule has 0 atom stereocenters. The lowest BCUT2D eigenvalue weighted by molar-refractivity contribution is 0.198. The van der Waals surface area contributed by atoms with Gasteiger partial charge in [0.1, 0.15) is 11.6 Å². The van der Waals surface area contributed by atoms with E-state index in [9.17, 15) is 4.39 Å². The summed E-state index contributed by atoms with van der Waals surface area (Å²) in [6.45, 7) is 1.40. The lowest BCUT2D eigenvalue weighted by Gasteiger charge is -2.11. The van der Waals surface area contributed by atoms with Gasteiger partial charge in [-0.15, -0.1) is 0 Å². The summed E-state index contributed by atoms with van der Waals surface area (Å²) in [6, 6.07) is 14.3. The molecule has 0 aliphatic heterocycles. The van der Waals surface area contributed by atoms with Gasteiger partial charge in [0.2, 0.25) is 0 Å². The molecule has 4 nitrogen and oxygen atoms in total. The molecule has 0 amide bonds. The quantitative estimate of drug-likeness (QED) is 0.702. The van der Waals surface area contributed by atoms with Crippen LogP contribution in [0.1, 0.15) is 6.42 Å². The zero-order valence-corrected chi connectivity index (χ0v) is 12.9. The van der Waals surface area contributed by atoms with Gasteiger partial charge in [-0.3, -0.25) is 0 Å². The maximum atomic E-state index is 14.0. The molecule has 2 aromatic carbocycles. The highest BCUT2D eigenvalue weighted by atomic mass is 19.1. The van der Waals surface area contributed by atoms with Crippen molar-refractivity contribution >= 4 is 16.7 Å². The van der Waals surface area contributed by atoms with E-state index in [0.29, 0.717) is 23.8 Å². The first-order valence-electron chi connectivity index (χ1n) is 7.54. The second kappa shape index (κ2) is 7.15. The van der Waals surface area contributed by atoms with E-state index in [1.54, 1.807) is 25.3 Å². The zero-order chi connectivity index (χ0) is 16.1. The van der Waals surface area contributed by atoms with Crippen molar-refractivity contribution in [3.05, 3.63) is 54.3 Å². The number of para-hydroxylation sites is 1. The average molecular weight is 311 g/mol. The fourth-order valence-corrected chi connectivity index (χ4v) is 2.40. The normalized spacial score (nSPS) is 10.9. The summed E-state index contributed by atoms with van der Waals surface area (Å²) < 4.78 is 19.1. The number of benzene rings is 2. The number of fused-ring (bicyclic) bond motifs is 1. The Morgan fingerprint density at radius 3 is 2.65 bits per heavy atom. The summed E-state index contributed by atoms with van der Waals surface area (Å²) in [4.78, 5) is 9.02. The molecule has 0 spiro atoms. The van der Waals surface area contributed by atoms with E-state index < -0.39 is 0 Å². The number of halogens is 1. The fraction of sp³-hybridized carbons (Fsp3) is 0.222. The van der Waals surface area contributed by atoms with Gasteiger partial charge in [0.05, 0.1) is 11.1 Å². The molecule has 1 aromatic heterocycles.